The molecule has 38 heavy (non-hydrogen) atoms. The third kappa shape index (κ3) is 5.17. The van der Waals surface area contributed by atoms with Crippen LogP contribution in [0.4, 0.5) is 18.9 Å². The Morgan fingerprint density at radius 3 is 2.37 bits per heavy atom. The van der Waals surface area contributed by atoms with E-state index in [9.17, 15) is 26.4 Å². The number of hydrogen-bond acceptors (Lipinski definition) is 4. The van der Waals surface area contributed by atoms with Gasteiger partial charge in [-0.25, -0.2) is 21.6 Å². The summed E-state index contributed by atoms with van der Waals surface area (Å²) in [6, 6.07) is 10.8. The van der Waals surface area contributed by atoms with Crippen LogP contribution in [0.25, 0.3) is 11.0 Å². The van der Waals surface area contributed by atoms with Crippen LogP contribution in [0.15, 0.2) is 57.4 Å². The molecule has 1 amide bonds. The average molecular weight is 607 g/mol. The first kappa shape index (κ1) is 26.3. The number of rotatable bonds is 8. The Kier molecular flexibility index (Phi) is 6.77. The predicted octanol–water partition coefficient (Wildman–Crippen LogP) is 6.15. The average Bonchev–Trinajstić information content (AvgIpc) is 3.61. The largest absolute Gasteiger partial charge is 0.460 e. The Balaban J connectivity index is 1.66. The van der Waals surface area contributed by atoms with E-state index in [1.54, 1.807) is 18.2 Å². The third-order valence-electron chi connectivity index (χ3n) is 6.52. The van der Waals surface area contributed by atoms with Crippen molar-refractivity contribution in [1.82, 2.24) is 0 Å². The molecule has 11 heteroatoms. The van der Waals surface area contributed by atoms with Crippen molar-refractivity contribution in [1.29, 1.82) is 0 Å². The molecule has 5 rings (SSSR count). The number of hydrogen-bond donors (Lipinski definition) is 1. The van der Waals surface area contributed by atoms with E-state index >= 15 is 0 Å². The number of furan rings is 1. The summed E-state index contributed by atoms with van der Waals surface area (Å²) >= 11 is 2.93. The first-order chi connectivity index (χ1) is 17.9. The lowest BCUT2D eigenvalue weighted by molar-refractivity contribution is 0.1000. The van der Waals surface area contributed by atoms with Gasteiger partial charge in [0.05, 0.1) is 28.5 Å². The predicted molar refractivity (Wildman–Crippen MR) is 141 cm³/mol. The summed E-state index contributed by atoms with van der Waals surface area (Å²) in [5.41, 5.74) is 7.51. The van der Waals surface area contributed by atoms with Crippen LogP contribution >= 0.6 is 15.9 Å². The monoisotopic (exact) mass is 606 g/mol. The Morgan fingerprint density at radius 2 is 1.76 bits per heavy atom. The van der Waals surface area contributed by atoms with Crippen LogP contribution in [0, 0.1) is 17.5 Å². The maximum atomic E-state index is 14.7. The van der Waals surface area contributed by atoms with Crippen LogP contribution < -0.4 is 10.0 Å². The Morgan fingerprint density at radius 1 is 1.08 bits per heavy atom. The molecule has 1 aliphatic carbocycles. The number of carbonyl (C=O) groups is 1. The number of amides is 1. The van der Waals surface area contributed by atoms with E-state index in [0.717, 1.165) is 35.5 Å². The van der Waals surface area contributed by atoms with Gasteiger partial charge in [0.2, 0.25) is 10.0 Å². The first-order valence-electron chi connectivity index (χ1n) is 11.7. The second-order valence-corrected chi connectivity index (χ2v) is 12.1. The van der Waals surface area contributed by atoms with Crippen LogP contribution in [-0.4, -0.2) is 20.6 Å². The lowest BCUT2D eigenvalue weighted by atomic mass is 10.0. The van der Waals surface area contributed by atoms with Crippen molar-refractivity contribution in [3.05, 3.63) is 98.5 Å². The maximum absolute atomic E-state index is 14.7. The number of primary amides is 1. The highest BCUT2D eigenvalue weighted by molar-refractivity contribution is 9.10. The molecule has 0 spiro atoms. The second-order valence-electron chi connectivity index (χ2n) is 9.38. The van der Waals surface area contributed by atoms with E-state index in [2.05, 4.69) is 15.9 Å². The fourth-order valence-corrected chi connectivity index (χ4v) is 5.74. The number of carbonyl (C=O) groups excluding carboxylic acids is 1. The molecule has 1 aromatic heterocycles. The molecule has 0 saturated heterocycles. The molecule has 3 aromatic carbocycles. The molecule has 1 fully saturated rings. The maximum Gasteiger partial charge on any atom is 0.252 e. The summed E-state index contributed by atoms with van der Waals surface area (Å²) in [5, 5.41) is 0.426. The van der Waals surface area contributed by atoms with Gasteiger partial charge in [0.1, 0.15) is 28.8 Å². The Hall–Kier alpha value is -3.31. The highest BCUT2D eigenvalue weighted by atomic mass is 79.9. The van der Waals surface area contributed by atoms with E-state index in [0.29, 0.717) is 16.5 Å². The van der Waals surface area contributed by atoms with Crippen molar-refractivity contribution < 1.29 is 30.8 Å². The molecule has 0 atom stereocenters. The van der Waals surface area contributed by atoms with Gasteiger partial charge in [-0.2, -0.15) is 0 Å². The molecule has 0 radical (unpaired) electrons. The molecule has 2 N–H and O–H groups in total. The van der Waals surface area contributed by atoms with E-state index in [4.69, 9.17) is 10.2 Å². The highest BCUT2D eigenvalue weighted by Crippen LogP contribution is 2.47. The third-order valence-corrected chi connectivity index (χ3v) is 8.26. The number of benzene rings is 3. The minimum Gasteiger partial charge on any atom is -0.460 e. The van der Waals surface area contributed by atoms with Crippen LogP contribution in [0.2, 0.25) is 0 Å². The number of sulfonamides is 1. The minimum atomic E-state index is -3.96. The van der Waals surface area contributed by atoms with Gasteiger partial charge in [-0.3, -0.25) is 9.10 Å². The molecule has 1 saturated carbocycles. The summed E-state index contributed by atoms with van der Waals surface area (Å²) in [7, 11) is -3.96. The van der Waals surface area contributed by atoms with Crippen molar-refractivity contribution in [3.63, 3.8) is 0 Å². The number of fused-ring (bicyclic) bond motifs is 1. The van der Waals surface area contributed by atoms with Gasteiger partial charge < -0.3 is 10.2 Å². The van der Waals surface area contributed by atoms with Gasteiger partial charge >= 0.3 is 0 Å². The number of halogens is 4. The van der Waals surface area contributed by atoms with Gasteiger partial charge in [-0.15, -0.1) is 0 Å². The molecule has 6 nitrogen and oxygen atoms in total. The minimum absolute atomic E-state index is 0.0151. The van der Waals surface area contributed by atoms with E-state index < -0.39 is 39.9 Å². The first-order valence-corrected chi connectivity index (χ1v) is 14.3. The summed E-state index contributed by atoms with van der Waals surface area (Å²) in [6.07, 6.45) is 2.73. The molecule has 1 heterocycles. The summed E-state index contributed by atoms with van der Waals surface area (Å²) in [5.74, 6) is -2.35. The van der Waals surface area contributed by atoms with E-state index in [1.807, 2.05) is 0 Å². The molecule has 0 unspecified atom stereocenters. The molecular weight excluding hydrogens is 585 g/mol. The topological polar surface area (TPSA) is 93.6 Å². The van der Waals surface area contributed by atoms with Crippen molar-refractivity contribution in [2.45, 2.75) is 31.7 Å². The summed E-state index contributed by atoms with van der Waals surface area (Å²) in [6.45, 7) is -0.452. The summed E-state index contributed by atoms with van der Waals surface area (Å²) in [4.78, 5) is 12.5. The Labute approximate surface area is 225 Å². The van der Waals surface area contributed by atoms with Gasteiger partial charge in [0.25, 0.3) is 5.91 Å². The molecule has 0 bridgehead atoms. The SMILES string of the molecule is CS(=O)(=O)N(Cc1cc(F)c(Br)cc1F)c1cc2oc(Cc3ccc(F)cc3)c(C(N)=O)c2cc1C1CC1. The van der Waals surface area contributed by atoms with Crippen LogP contribution in [0.5, 0.6) is 0 Å². The van der Waals surface area contributed by atoms with Crippen molar-refractivity contribution >= 4 is 48.5 Å². The normalized spacial score (nSPS) is 13.7. The fraction of sp³-hybridized carbons (Fsp3) is 0.222. The van der Waals surface area contributed by atoms with Crippen molar-refractivity contribution in [2.75, 3.05) is 10.6 Å². The number of nitrogens with zero attached hydrogens (tertiary/aromatic N) is 1. The molecule has 198 valence electrons. The second kappa shape index (κ2) is 9.77. The van der Waals surface area contributed by atoms with Gasteiger partial charge in [0, 0.05) is 23.4 Å². The van der Waals surface area contributed by atoms with Crippen LogP contribution in [0.1, 0.15) is 51.6 Å². The van der Waals surface area contributed by atoms with Crippen molar-refractivity contribution in [3.8, 4) is 0 Å². The van der Waals surface area contributed by atoms with E-state index in [-0.39, 0.29) is 45.0 Å². The highest BCUT2D eigenvalue weighted by Gasteiger charge is 2.33. The lowest BCUT2D eigenvalue weighted by Gasteiger charge is -2.25. The zero-order chi connectivity index (χ0) is 27.4. The smallest absolute Gasteiger partial charge is 0.252 e. The van der Waals surface area contributed by atoms with Gasteiger partial charge in [-0.1, -0.05) is 12.1 Å². The molecular formula is C27H22BrF3N2O4S. The summed E-state index contributed by atoms with van der Waals surface area (Å²) < 4.78 is 75.1. The van der Waals surface area contributed by atoms with Gasteiger partial charge in [-0.05, 0) is 76.1 Å². The zero-order valence-electron chi connectivity index (χ0n) is 20.1. The number of anilines is 1. The van der Waals surface area contributed by atoms with Crippen LogP contribution in [0.3, 0.4) is 0 Å². The van der Waals surface area contributed by atoms with Crippen LogP contribution in [-0.2, 0) is 23.0 Å². The van der Waals surface area contributed by atoms with Gasteiger partial charge in [0.15, 0.2) is 0 Å². The van der Waals surface area contributed by atoms with Crippen molar-refractivity contribution in [2.24, 2.45) is 5.73 Å². The fourth-order valence-electron chi connectivity index (χ4n) is 4.54. The molecule has 4 aromatic rings. The Bertz CT molecular complexity index is 1680. The lowest BCUT2D eigenvalue weighted by Crippen LogP contribution is -2.30. The zero-order valence-corrected chi connectivity index (χ0v) is 22.5. The molecule has 0 aliphatic heterocycles. The number of nitrogens with two attached hydrogens (primary N) is 1. The molecule has 1 aliphatic rings. The van der Waals surface area contributed by atoms with E-state index in [1.165, 1.54) is 18.2 Å². The standard InChI is InChI=1S/C27H22BrF3N2O4S/c1-38(35,36)33(13-16-9-22(31)20(28)11-21(16)30)23-12-24-19(10-18(23)15-4-5-15)26(27(32)34)25(37-24)8-14-2-6-17(29)7-3-14/h2-3,6-7,9-12,15H,4-5,8,13H2,1H3,(H2,32,34). The quantitative estimate of drug-likeness (QED) is 0.244.